The maximum Gasteiger partial charge on any atom is 0.350 e. The summed E-state index contributed by atoms with van der Waals surface area (Å²) < 4.78 is 6.08. The highest BCUT2D eigenvalue weighted by Crippen LogP contribution is 2.35. The molecular formula is C20H18ClNO3S. The number of hydrogen-bond donors (Lipinski definition) is 0. The summed E-state index contributed by atoms with van der Waals surface area (Å²) in [6.45, 7) is 2.16. The summed E-state index contributed by atoms with van der Waals surface area (Å²) in [4.78, 5) is 26.4. The Bertz CT molecular complexity index is 949. The van der Waals surface area contributed by atoms with E-state index in [2.05, 4.69) is 0 Å². The fraction of sp³-hybridized carbons (Fsp3) is 0.200. The Balaban J connectivity index is 1.60. The predicted molar refractivity (Wildman–Crippen MR) is 105 cm³/mol. The van der Waals surface area contributed by atoms with Gasteiger partial charge in [0.15, 0.2) is 6.61 Å². The highest BCUT2D eigenvalue weighted by atomic mass is 35.5. The quantitative estimate of drug-likeness (QED) is 0.597. The van der Waals surface area contributed by atoms with Crippen molar-refractivity contribution in [3.05, 3.63) is 69.6 Å². The average Bonchev–Trinajstić information content (AvgIpc) is 2.98. The Morgan fingerprint density at radius 3 is 2.50 bits per heavy atom. The second-order valence-electron chi connectivity index (χ2n) is 6.05. The highest BCUT2D eigenvalue weighted by molar-refractivity contribution is 7.21. The Labute approximate surface area is 160 Å². The lowest BCUT2D eigenvalue weighted by Crippen LogP contribution is -2.30. The van der Waals surface area contributed by atoms with Crippen LogP contribution in [0.15, 0.2) is 48.5 Å². The summed E-state index contributed by atoms with van der Waals surface area (Å²) in [5, 5.41) is 1.19. The van der Waals surface area contributed by atoms with Gasteiger partial charge in [0, 0.05) is 23.7 Å². The minimum Gasteiger partial charge on any atom is -0.451 e. The molecule has 0 aliphatic carbocycles. The van der Waals surface area contributed by atoms with Crippen LogP contribution in [0.25, 0.3) is 10.1 Å². The number of carbonyl (C=O) groups is 2. The molecular weight excluding hydrogens is 370 g/mol. The van der Waals surface area contributed by atoms with Gasteiger partial charge in [-0.3, -0.25) is 4.79 Å². The van der Waals surface area contributed by atoms with E-state index >= 15 is 0 Å². The van der Waals surface area contributed by atoms with Gasteiger partial charge in [-0.2, -0.15) is 0 Å². The van der Waals surface area contributed by atoms with E-state index in [1.165, 1.54) is 16.2 Å². The largest absolute Gasteiger partial charge is 0.451 e. The number of thiophene rings is 1. The molecule has 1 aromatic heterocycles. The van der Waals surface area contributed by atoms with Crippen molar-refractivity contribution < 1.29 is 14.3 Å². The Hall–Kier alpha value is -2.37. The van der Waals surface area contributed by atoms with Gasteiger partial charge in [-0.25, -0.2) is 4.79 Å². The van der Waals surface area contributed by atoms with Crippen molar-refractivity contribution in [2.75, 3.05) is 13.7 Å². The molecule has 4 nitrogen and oxygen atoms in total. The SMILES string of the molecule is Cc1ccc(CN(C)C(=O)COC(=O)c2sc3ccccc3c2Cl)cc1. The van der Waals surface area contributed by atoms with E-state index in [1.54, 1.807) is 7.05 Å². The first-order valence-electron chi connectivity index (χ1n) is 8.09. The third-order valence-electron chi connectivity index (χ3n) is 4.01. The van der Waals surface area contributed by atoms with Crippen LogP contribution in [0.3, 0.4) is 0 Å². The van der Waals surface area contributed by atoms with E-state index in [0.29, 0.717) is 16.4 Å². The summed E-state index contributed by atoms with van der Waals surface area (Å²) in [6.07, 6.45) is 0. The van der Waals surface area contributed by atoms with E-state index < -0.39 is 5.97 Å². The van der Waals surface area contributed by atoms with Crippen LogP contribution in [0.2, 0.25) is 5.02 Å². The second-order valence-corrected chi connectivity index (χ2v) is 7.48. The van der Waals surface area contributed by atoms with E-state index in [-0.39, 0.29) is 12.5 Å². The first-order chi connectivity index (χ1) is 12.5. The molecule has 0 saturated heterocycles. The number of amides is 1. The molecule has 0 N–H and O–H groups in total. The second kappa shape index (κ2) is 7.89. The molecule has 6 heteroatoms. The first-order valence-corrected chi connectivity index (χ1v) is 9.29. The molecule has 0 bridgehead atoms. The first kappa shape index (κ1) is 18.4. The molecule has 0 aliphatic heterocycles. The molecule has 0 radical (unpaired) electrons. The highest BCUT2D eigenvalue weighted by Gasteiger charge is 2.20. The van der Waals surface area contributed by atoms with Crippen LogP contribution in [0.4, 0.5) is 0 Å². The van der Waals surface area contributed by atoms with Crippen molar-refractivity contribution in [3.63, 3.8) is 0 Å². The van der Waals surface area contributed by atoms with E-state index in [9.17, 15) is 9.59 Å². The predicted octanol–water partition coefficient (Wildman–Crippen LogP) is 4.68. The molecule has 1 amide bonds. The molecule has 2 aromatic carbocycles. The fourth-order valence-corrected chi connectivity index (χ4v) is 3.91. The topological polar surface area (TPSA) is 46.6 Å². The van der Waals surface area contributed by atoms with Crippen LogP contribution >= 0.6 is 22.9 Å². The van der Waals surface area contributed by atoms with Crippen LogP contribution in [0.5, 0.6) is 0 Å². The van der Waals surface area contributed by atoms with Gasteiger partial charge in [-0.1, -0.05) is 59.6 Å². The van der Waals surface area contributed by atoms with Crippen LogP contribution in [0.1, 0.15) is 20.8 Å². The number of aryl methyl sites for hydroxylation is 1. The number of nitrogens with zero attached hydrogens (tertiary/aromatic N) is 1. The molecule has 0 atom stereocenters. The monoisotopic (exact) mass is 387 g/mol. The maximum atomic E-state index is 12.3. The van der Waals surface area contributed by atoms with Crippen LogP contribution in [-0.2, 0) is 16.1 Å². The summed E-state index contributed by atoms with van der Waals surface area (Å²) in [6, 6.07) is 15.4. The Kier molecular flexibility index (Phi) is 5.59. The number of esters is 1. The summed E-state index contributed by atoms with van der Waals surface area (Å²) in [7, 11) is 1.68. The third kappa shape index (κ3) is 4.06. The van der Waals surface area contributed by atoms with Crippen LogP contribution in [-0.4, -0.2) is 30.4 Å². The number of ether oxygens (including phenoxy) is 1. The number of halogens is 1. The standard InChI is InChI=1S/C20H18ClNO3S/c1-13-7-9-14(10-8-13)11-22(2)17(23)12-25-20(24)19-18(21)15-5-3-4-6-16(15)26-19/h3-10H,11-12H2,1-2H3. The zero-order valence-electron chi connectivity index (χ0n) is 14.5. The van der Waals surface area contributed by atoms with Crippen molar-refractivity contribution in [2.45, 2.75) is 13.5 Å². The normalized spacial score (nSPS) is 10.7. The number of rotatable bonds is 5. The van der Waals surface area contributed by atoms with Crippen LogP contribution < -0.4 is 0 Å². The molecule has 0 aliphatic rings. The molecule has 26 heavy (non-hydrogen) atoms. The fourth-order valence-electron chi connectivity index (χ4n) is 2.50. The smallest absolute Gasteiger partial charge is 0.350 e. The zero-order chi connectivity index (χ0) is 18.7. The Morgan fingerprint density at radius 2 is 1.81 bits per heavy atom. The van der Waals surface area contributed by atoms with E-state index in [0.717, 1.165) is 21.2 Å². The lowest BCUT2D eigenvalue weighted by Gasteiger charge is -2.17. The number of carbonyl (C=O) groups excluding carboxylic acids is 2. The number of fused-ring (bicyclic) bond motifs is 1. The van der Waals surface area contributed by atoms with E-state index in [1.807, 2.05) is 55.5 Å². The Morgan fingerprint density at radius 1 is 1.12 bits per heavy atom. The van der Waals surface area contributed by atoms with Crippen molar-refractivity contribution in [1.82, 2.24) is 4.90 Å². The minimum atomic E-state index is -0.576. The lowest BCUT2D eigenvalue weighted by atomic mass is 10.1. The summed E-state index contributed by atoms with van der Waals surface area (Å²) in [5.41, 5.74) is 2.18. The van der Waals surface area contributed by atoms with Crippen molar-refractivity contribution in [3.8, 4) is 0 Å². The van der Waals surface area contributed by atoms with Gasteiger partial charge in [0.2, 0.25) is 0 Å². The molecule has 0 spiro atoms. The molecule has 134 valence electrons. The minimum absolute atomic E-state index is 0.267. The van der Waals surface area contributed by atoms with Crippen molar-refractivity contribution in [1.29, 1.82) is 0 Å². The van der Waals surface area contributed by atoms with Crippen LogP contribution in [0, 0.1) is 6.92 Å². The molecule has 0 unspecified atom stereocenters. The molecule has 3 rings (SSSR count). The lowest BCUT2D eigenvalue weighted by molar-refractivity contribution is -0.133. The van der Waals surface area contributed by atoms with Gasteiger partial charge in [-0.15, -0.1) is 11.3 Å². The molecule has 3 aromatic rings. The van der Waals surface area contributed by atoms with Crippen molar-refractivity contribution >= 4 is 44.9 Å². The van der Waals surface area contributed by atoms with Gasteiger partial charge in [-0.05, 0) is 18.6 Å². The van der Waals surface area contributed by atoms with Gasteiger partial charge < -0.3 is 9.64 Å². The molecule has 1 heterocycles. The van der Waals surface area contributed by atoms with E-state index in [4.69, 9.17) is 16.3 Å². The number of likely N-dealkylation sites (N-methyl/N-ethyl adjacent to an activating group) is 1. The van der Waals surface area contributed by atoms with Gasteiger partial charge in [0.05, 0.1) is 5.02 Å². The van der Waals surface area contributed by atoms with Crippen molar-refractivity contribution in [2.24, 2.45) is 0 Å². The summed E-state index contributed by atoms with van der Waals surface area (Å²) in [5.74, 6) is -0.843. The average molecular weight is 388 g/mol. The molecule has 0 saturated carbocycles. The zero-order valence-corrected chi connectivity index (χ0v) is 16.1. The summed E-state index contributed by atoms with van der Waals surface area (Å²) >= 11 is 7.53. The van der Waals surface area contributed by atoms with Gasteiger partial charge in [0.1, 0.15) is 4.88 Å². The van der Waals surface area contributed by atoms with Gasteiger partial charge in [0.25, 0.3) is 5.91 Å². The number of benzene rings is 2. The number of hydrogen-bond acceptors (Lipinski definition) is 4. The third-order valence-corrected chi connectivity index (χ3v) is 5.67. The van der Waals surface area contributed by atoms with Gasteiger partial charge >= 0.3 is 5.97 Å². The molecule has 0 fully saturated rings. The maximum absolute atomic E-state index is 12.3.